The van der Waals surface area contributed by atoms with E-state index in [0.29, 0.717) is 12.1 Å². The number of fused-ring (bicyclic) bond motifs is 1. The maximum Gasteiger partial charge on any atom is 0.327 e. The van der Waals surface area contributed by atoms with E-state index in [1.54, 1.807) is 10.8 Å². The molecule has 0 saturated heterocycles. The lowest BCUT2D eigenvalue weighted by Gasteiger charge is -2.09. The first-order valence-corrected chi connectivity index (χ1v) is 7.42. The molecule has 1 aromatic carbocycles. The zero-order valence-electron chi connectivity index (χ0n) is 12.7. The Morgan fingerprint density at radius 2 is 2.14 bits per heavy atom. The van der Waals surface area contributed by atoms with Gasteiger partial charge in [0.2, 0.25) is 0 Å². The molecule has 0 fully saturated rings. The Balaban J connectivity index is 2.12. The SMILES string of the molecule is CC[C@@H](O)Cn1c(=O)[nH]c2ncc(-c3cccc(C)c3)cc21. The molecule has 0 saturated carbocycles. The molecule has 0 unspecified atom stereocenters. The van der Waals surface area contributed by atoms with Gasteiger partial charge in [-0.05, 0) is 25.0 Å². The number of aromatic amines is 1. The van der Waals surface area contributed by atoms with Crippen LogP contribution in [0.15, 0.2) is 41.3 Å². The minimum atomic E-state index is -0.542. The Bertz CT molecular complexity index is 864. The number of pyridine rings is 1. The summed E-state index contributed by atoms with van der Waals surface area (Å²) in [5.74, 6) is 0. The van der Waals surface area contributed by atoms with Gasteiger partial charge in [0.15, 0.2) is 5.65 Å². The highest BCUT2D eigenvalue weighted by molar-refractivity contribution is 5.78. The van der Waals surface area contributed by atoms with E-state index in [1.165, 1.54) is 5.56 Å². The van der Waals surface area contributed by atoms with Crippen LogP contribution in [0.2, 0.25) is 0 Å². The summed E-state index contributed by atoms with van der Waals surface area (Å²) in [6.45, 7) is 4.20. The van der Waals surface area contributed by atoms with Crippen molar-refractivity contribution in [2.75, 3.05) is 0 Å². The molecular formula is C17H19N3O2. The van der Waals surface area contributed by atoms with Crippen LogP contribution in [0.5, 0.6) is 0 Å². The summed E-state index contributed by atoms with van der Waals surface area (Å²) < 4.78 is 1.55. The van der Waals surface area contributed by atoms with Gasteiger partial charge in [-0.1, -0.05) is 36.8 Å². The van der Waals surface area contributed by atoms with Gasteiger partial charge >= 0.3 is 5.69 Å². The van der Waals surface area contributed by atoms with Crippen molar-refractivity contribution in [2.24, 2.45) is 0 Å². The van der Waals surface area contributed by atoms with Gasteiger partial charge in [0.05, 0.1) is 18.2 Å². The van der Waals surface area contributed by atoms with Gasteiger partial charge in [-0.3, -0.25) is 9.55 Å². The summed E-state index contributed by atoms with van der Waals surface area (Å²) in [5.41, 5.74) is 4.21. The van der Waals surface area contributed by atoms with Gasteiger partial charge in [-0.15, -0.1) is 0 Å². The molecule has 114 valence electrons. The van der Waals surface area contributed by atoms with Crippen LogP contribution in [0.4, 0.5) is 0 Å². The van der Waals surface area contributed by atoms with E-state index in [2.05, 4.69) is 16.0 Å². The molecule has 0 aliphatic carbocycles. The van der Waals surface area contributed by atoms with Gasteiger partial charge in [-0.2, -0.15) is 0 Å². The summed E-state index contributed by atoms with van der Waals surface area (Å²) in [6, 6.07) is 10.1. The standard InChI is InChI=1S/C17H19N3O2/c1-3-14(21)10-20-15-8-13(9-18-16(15)19-17(20)22)12-6-4-5-11(2)7-12/h4-9,14,21H,3,10H2,1-2H3,(H,18,19,22)/t14-/m1/s1. The Hall–Kier alpha value is -2.40. The van der Waals surface area contributed by atoms with Crippen LogP contribution in [-0.2, 0) is 6.54 Å². The summed E-state index contributed by atoms with van der Waals surface area (Å²) in [5, 5.41) is 9.84. The molecule has 0 aliphatic heterocycles. The van der Waals surface area contributed by atoms with Crippen LogP contribution in [-0.4, -0.2) is 25.7 Å². The highest BCUT2D eigenvalue weighted by Gasteiger charge is 2.12. The molecule has 2 aromatic heterocycles. The molecule has 3 rings (SSSR count). The van der Waals surface area contributed by atoms with Crippen molar-refractivity contribution >= 4 is 11.2 Å². The van der Waals surface area contributed by atoms with Gasteiger partial charge in [0, 0.05) is 11.8 Å². The fourth-order valence-electron chi connectivity index (χ4n) is 2.54. The number of imidazole rings is 1. The number of rotatable bonds is 4. The Morgan fingerprint density at radius 1 is 1.32 bits per heavy atom. The number of H-pyrrole nitrogens is 1. The Morgan fingerprint density at radius 3 is 2.86 bits per heavy atom. The molecule has 1 atom stereocenters. The summed E-state index contributed by atoms with van der Waals surface area (Å²) in [6.07, 6.45) is 1.82. The highest BCUT2D eigenvalue weighted by atomic mass is 16.3. The largest absolute Gasteiger partial charge is 0.391 e. The van der Waals surface area contributed by atoms with Crippen molar-refractivity contribution in [3.05, 3.63) is 52.6 Å². The van der Waals surface area contributed by atoms with E-state index in [-0.39, 0.29) is 12.2 Å². The number of aromatic nitrogens is 3. The molecular weight excluding hydrogens is 278 g/mol. The van der Waals surface area contributed by atoms with Crippen LogP contribution in [0.1, 0.15) is 18.9 Å². The molecule has 22 heavy (non-hydrogen) atoms. The van der Waals surface area contributed by atoms with Gasteiger partial charge in [0.1, 0.15) is 0 Å². The topological polar surface area (TPSA) is 70.9 Å². The van der Waals surface area contributed by atoms with E-state index < -0.39 is 6.10 Å². The monoisotopic (exact) mass is 297 g/mol. The van der Waals surface area contributed by atoms with Crippen molar-refractivity contribution in [1.29, 1.82) is 0 Å². The molecule has 3 aromatic rings. The first-order valence-electron chi connectivity index (χ1n) is 7.42. The predicted molar refractivity (Wildman–Crippen MR) is 86.8 cm³/mol. The molecule has 2 heterocycles. The maximum atomic E-state index is 12.0. The highest BCUT2D eigenvalue weighted by Crippen LogP contribution is 2.22. The molecule has 0 radical (unpaired) electrons. The quantitative estimate of drug-likeness (QED) is 0.777. The number of nitrogens with zero attached hydrogens (tertiary/aromatic N) is 2. The van der Waals surface area contributed by atoms with Crippen molar-refractivity contribution in [1.82, 2.24) is 14.5 Å². The predicted octanol–water partition coefficient (Wildman–Crippen LogP) is 2.47. The second-order valence-corrected chi connectivity index (χ2v) is 5.56. The number of aliphatic hydroxyl groups excluding tert-OH is 1. The minimum Gasteiger partial charge on any atom is -0.391 e. The van der Waals surface area contributed by atoms with Crippen molar-refractivity contribution in [2.45, 2.75) is 32.9 Å². The minimum absolute atomic E-state index is 0.239. The van der Waals surface area contributed by atoms with Crippen molar-refractivity contribution in [3.8, 4) is 11.1 Å². The van der Waals surface area contributed by atoms with Crippen molar-refractivity contribution < 1.29 is 5.11 Å². The fraction of sp³-hybridized carbons (Fsp3) is 0.294. The van der Waals surface area contributed by atoms with E-state index in [4.69, 9.17) is 0 Å². The third-order valence-electron chi connectivity index (χ3n) is 3.84. The van der Waals surface area contributed by atoms with Crippen LogP contribution in [0.25, 0.3) is 22.3 Å². The zero-order valence-corrected chi connectivity index (χ0v) is 12.7. The normalized spacial score (nSPS) is 12.7. The van der Waals surface area contributed by atoms with Gasteiger partial charge < -0.3 is 5.11 Å². The Labute approximate surface area is 128 Å². The van der Waals surface area contributed by atoms with Crippen LogP contribution >= 0.6 is 0 Å². The number of aliphatic hydroxyl groups is 1. The first kappa shape index (κ1) is 14.5. The third-order valence-corrected chi connectivity index (χ3v) is 3.84. The average molecular weight is 297 g/mol. The van der Waals surface area contributed by atoms with Crippen LogP contribution in [0.3, 0.4) is 0 Å². The summed E-state index contributed by atoms with van der Waals surface area (Å²) in [4.78, 5) is 19.1. The number of aryl methyl sites for hydroxylation is 1. The zero-order chi connectivity index (χ0) is 15.7. The first-order chi connectivity index (χ1) is 10.6. The van der Waals surface area contributed by atoms with Gasteiger partial charge in [0.25, 0.3) is 0 Å². The van der Waals surface area contributed by atoms with E-state index >= 15 is 0 Å². The molecule has 5 nitrogen and oxygen atoms in total. The second kappa shape index (κ2) is 5.77. The molecule has 0 bridgehead atoms. The number of hydrogen-bond acceptors (Lipinski definition) is 3. The van der Waals surface area contributed by atoms with E-state index in [9.17, 15) is 9.90 Å². The van der Waals surface area contributed by atoms with E-state index in [0.717, 1.165) is 16.6 Å². The lowest BCUT2D eigenvalue weighted by molar-refractivity contribution is 0.150. The van der Waals surface area contributed by atoms with E-state index in [1.807, 2.05) is 38.1 Å². The number of benzene rings is 1. The molecule has 0 spiro atoms. The molecule has 5 heteroatoms. The summed E-state index contributed by atoms with van der Waals surface area (Å²) >= 11 is 0. The second-order valence-electron chi connectivity index (χ2n) is 5.56. The Kier molecular flexibility index (Phi) is 3.81. The number of hydrogen-bond donors (Lipinski definition) is 2. The fourth-order valence-corrected chi connectivity index (χ4v) is 2.54. The third kappa shape index (κ3) is 2.67. The summed E-state index contributed by atoms with van der Waals surface area (Å²) in [7, 11) is 0. The van der Waals surface area contributed by atoms with Crippen LogP contribution in [0, 0.1) is 6.92 Å². The smallest absolute Gasteiger partial charge is 0.327 e. The van der Waals surface area contributed by atoms with Gasteiger partial charge in [-0.25, -0.2) is 9.78 Å². The number of nitrogens with one attached hydrogen (secondary N) is 1. The lowest BCUT2D eigenvalue weighted by atomic mass is 10.1. The molecule has 2 N–H and O–H groups in total. The molecule has 0 amide bonds. The lowest BCUT2D eigenvalue weighted by Crippen LogP contribution is -2.24. The van der Waals surface area contributed by atoms with Crippen molar-refractivity contribution in [3.63, 3.8) is 0 Å². The van der Waals surface area contributed by atoms with Crippen LogP contribution < -0.4 is 5.69 Å². The average Bonchev–Trinajstić information content (AvgIpc) is 2.82. The molecule has 0 aliphatic rings. The maximum absolute atomic E-state index is 12.0.